The molecule has 1 aliphatic heterocycles. The molecule has 3 rings (SSSR count). The summed E-state index contributed by atoms with van der Waals surface area (Å²) in [7, 11) is -2.66. The molecule has 0 atom stereocenters. The van der Waals surface area contributed by atoms with Crippen molar-refractivity contribution in [3.63, 3.8) is 0 Å². The van der Waals surface area contributed by atoms with Gasteiger partial charge >= 0.3 is 10.1 Å². The number of fused-ring (bicyclic) bond motifs is 1. The Hall–Kier alpha value is -3.40. The van der Waals surface area contributed by atoms with Crippen LogP contribution in [-0.4, -0.2) is 32.9 Å². The van der Waals surface area contributed by atoms with Gasteiger partial charge in [-0.25, -0.2) is 0 Å². The Bertz CT molecular complexity index is 1040. The standard InChI is InChI=1S/C17H14N2O7S/c1-18-17(20)8-11-10-25-16-9-13(4-7-15(11)16)26-27(23,24)14-5-2-12(3-6-14)19(21)22/h2-9H,10H2,1H3,(H,18,20)/b11-8-. The number of benzene rings is 2. The van der Waals surface area contributed by atoms with E-state index < -0.39 is 15.0 Å². The molecule has 0 aliphatic carbocycles. The third-order valence-corrected chi connectivity index (χ3v) is 5.04. The van der Waals surface area contributed by atoms with Crippen LogP contribution in [0.2, 0.25) is 0 Å². The Morgan fingerprint density at radius 3 is 2.59 bits per heavy atom. The summed E-state index contributed by atoms with van der Waals surface area (Å²) < 4.78 is 35.2. The van der Waals surface area contributed by atoms with Gasteiger partial charge < -0.3 is 14.2 Å². The van der Waals surface area contributed by atoms with Crippen LogP contribution in [0, 0.1) is 10.1 Å². The first-order chi connectivity index (χ1) is 12.8. The summed E-state index contributed by atoms with van der Waals surface area (Å²) in [5.41, 5.74) is 1.10. The monoisotopic (exact) mass is 390 g/mol. The molecule has 2 aromatic rings. The molecule has 0 bridgehead atoms. The highest BCUT2D eigenvalue weighted by atomic mass is 32.2. The second-order valence-electron chi connectivity index (χ2n) is 5.52. The zero-order chi connectivity index (χ0) is 19.6. The largest absolute Gasteiger partial charge is 0.488 e. The Kier molecular flexibility index (Phi) is 4.82. The number of non-ortho nitro benzene ring substituents is 1. The van der Waals surface area contributed by atoms with E-state index in [9.17, 15) is 23.3 Å². The maximum Gasteiger partial charge on any atom is 0.339 e. The van der Waals surface area contributed by atoms with E-state index >= 15 is 0 Å². The van der Waals surface area contributed by atoms with E-state index in [1.807, 2.05) is 0 Å². The molecule has 0 radical (unpaired) electrons. The number of nitrogens with zero attached hydrogens (tertiary/aromatic N) is 1. The SMILES string of the molecule is CNC(=O)/C=C1/COc2cc(OS(=O)(=O)c3ccc([N+](=O)[O-])cc3)ccc21. The number of ether oxygens (including phenoxy) is 1. The van der Waals surface area contributed by atoms with Crippen molar-refractivity contribution in [2.75, 3.05) is 13.7 Å². The van der Waals surface area contributed by atoms with Crippen LogP contribution in [0.4, 0.5) is 5.69 Å². The Morgan fingerprint density at radius 2 is 1.96 bits per heavy atom. The molecule has 10 heteroatoms. The molecule has 1 heterocycles. The van der Waals surface area contributed by atoms with Gasteiger partial charge in [0.1, 0.15) is 23.0 Å². The maximum atomic E-state index is 12.3. The van der Waals surface area contributed by atoms with Crippen molar-refractivity contribution in [3.05, 3.63) is 64.2 Å². The van der Waals surface area contributed by atoms with E-state index in [2.05, 4.69) is 5.32 Å². The lowest BCUT2D eigenvalue weighted by molar-refractivity contribution is -0.384. The van der Waals surface area contributed by atoms with Crippen molar-refractivity contribution >= 4 is 27.3 Å². The van der Waals surface area contributed by atoms with Crippen LogP contribution in [0.25, 0.3) is 5.57 Å². The van der Waals surface area contributed by atoms with Gasteiger partial charge in [-0.1, -0.05) is 0 Å². The minimum atomic E-state index is -4.17. The quantitative estimate of drug-likeness (QED) is 0.358. The van der Waals surface area contributed by atoms with E-state index in [1.165, 1.54) is 25.3 Å². The van der Waals surface area contributed by atoms with Gasteiger partial charge in [0.25, 0.3) is 5.69 Å². The molecule has 2 aromatic carbocycles. The summed E-state index contributed by atoms with van der Waals surface area (Å²) >= 11 is 0. The lowest BCUT2D eigenvalue weighted by atomic mass is 10.1. The second-order valence-corrected chi connectivity index (χ2v) is 7.07. The first-order valence-electron chi connectivity index (χ1n) is 7.68. The van der Waals surface area contributed by atoms with E-state index in [0.29, 0.717) is 16.9 Å². The van der Waals surface area contributed by atoms with Crippen molar-refractivity contribution in [2.24, 2.45) is 0 Å². The van der Waals surface area contributed by atoms with E-state index in [-0.39, 0.29) is 28.8 Å². The zero-order valence-electron chi connectivity index (χ0n) is 14.0. The Labute approximate surface area is 154 Å². The molecule has 0 unspecified atom stereocenters. The molecular weight excluding hydrogens is 376 g/mol. The molecule has 27 heavy (non-hydrogen) atoms. The molecule has 0 fully saturated rings. The molecule has 1 N–H and O–H groups in total. The topological polar surface area (TPSA) is 125 Å². The van der Waals surface area contributed by atoms with E-state index in [1.54, 1.807) is 6.07 Å². The molecule has 1 amide bonds. The number of likely N-dealkylation sites (N-methyl/N-ethyl adjacent to an activating group) is 1. The second kappa shape index (κ2) is 7.08. The van der Waals surface area contributed by atoms with E-state index in [0.717, 1.165) is 24.3 Å². The highest BCUT2D eigenvalue weighted by molar-refractivity contribution is 7.87. The summed E-state index contributed by atoms with van der Waals surface area (Å²) in [6, 6.07) is 8.80. The summed E-state index contributed by atoms with van der Waals surface area (Å²) in [5, 5.41) is 13.1. The predicted molar refractivity (Wildman–Crippen MR) is 94.9 cm³/mol. The molecule has 1 aliphatic rings. The average Bonchev–Trinajstić information content (AvgIpc) is 3.03. The molecule has 0 saturated heterocycles. The number of hydrogen-bond acceptors (Lipinski definition) is 7. The van der Waals surface area contributed by atoms with Gasteiger partial charge in [-0.2, -0.15) is 8.42 Å². The molecule has 0 spiro atoms. The number of carbonyl (C=O) groups is 1. The summed E-state index contributed by atoms with van der Waals surface area (Å²) in [4.78, 5) is 21.3. The average molecular weight is 390 g/mol. The first kappa shape index (κ1) is 18.4. The fraction of sp³-hybridized carbons (Fsp3) is 0.118. The number of nitro groups is 1. The first-order valence-corrected chi connectivity index (χ1v) is 9.09. The zero-order valence-corrected chi connectivity index (χ0v) is 14.9. The van der Waals surface area contributed by atoms with Crippen molar-refractivity contribution in [1.29, 1.82) is 0 Å². The van der Waals surface area contributed by atoms with Crippen LogP contribution < -0.4 is 14.2 Å². The predicted octanol–water partition coefficient (Wildman–Crippen LogP) is 1.88. The molecule has 140 valence electrons. The van der Waals surface area contributed by atoms with Crippen LogP contribution in [-0.2, 0) is 14.9 Å². The summed E-state index contributed by atoms with van der Waals surface area (Å²) in [6.45, 7) is 0.182. The number of rotatable bonds is 5. The van der Waals surface area contributed by atoms with Gasteiger partial charge in [0.2, 0.25) is 5.91 Å². The summed E-state index contributed by atoms with van der Waals surface area (Å²) in [5.74, 6) is 0.136. The maximum absolute atomic E-state index is 12.3. The van der Waals surface area contributed by atoms with Crippen molar-refractivity contribution in [3.8, 4) is 11.5 Å². The van der Waals surface area contributed by atoms with Crippen LogP contribution in [0.5, 0.6) is 11.5 Å². The van der Waals surface area contributed by atoms with E-state index in [4.69, 9.17) is 8.92 Å². The van der Waals surface area contributed by atoms with Crippen molar-refractivity contribution in [1.82, 2.24) is 5.32 Å². The van der Waals surface area contributed by atoms with Gasteiger partial charge in [0.05, 0.1) is 4.92 Å². The van der Waals surface area contributed by atoms with Gasteiger partial charge in [-0.3, -0.25) is 14.9 Å². The number of amides is 1. The number of carbonyl (C=O) groups excluding carboxylic acids is 1. The van der Waals surface area contributed by atoms with Crippen LogP contribution in [0.15, 0.2) is 53.4 Å². The Morgan fingerprint density at radius 1 is 1.26 bits per heavy atom. The Balaban J connectivity index is 1.83. The third kappa shape index (κ3) is 3.90. The fourth-order valence-electron chi connectivity index (χ4n) is 2.43. The number of nitro benzene ring substituents is 1. The number of nitrogens with one attached hydrogen (secondary N) is 1. The normalized spacial score (nSPS) is 14.3. The minimum Gasteiger partial charge on any atom is -0.488 e. The third-order valence-electron chi connectivity index (χ3n) is 3.78. The van der Waals surface area contributed by atoms with Crippen molar-refractivity contribution < 1.29 is 27.1 Å². The smallest absolute Gasteiger partial charge is 0.339 e. The summed E-state index contributed by atoms with van der Waals surface area (Å²) in [6.07, 6.45) is 1.40. The fourth-order valence-corrected chi connectivity index (χ4v) is 3.35. The minimum absolute atomic E-state index is 0.0216. The highest BCUT2D eigenvalue weighted by Crippen LogP contribution is 2.36. The van der Waals surface area contributed by atoms with Crippen molar-refractivity contribution in [2.45, 2.75) is 4.90 Å². The van der Waals surface area contributed by atoms with Gasteiger partial charge in [0, 0.05) is 42.5 Å². The molecular formula is C17H14N2O7S. The van der Waals surface area contributed by atoms with Gasteiger partial charge in [0.15, 0.2) is 0 Å². The van der Waals surface area contributed by atoms with Gasteiger partial charge in [-0.05, 0) is 24.3 Å². The molecule has 9 nitrogen and oxygen atoms in total. The molecule has 0 aromatic heterocycles. The lowest BCUT2D eigenvalue weighted by Crippen LogP contribution is -2.15. The van der Waals surface area contributed by atoms with Crippen LogP contribution in [0.3, 0.4) is 0 Å². The van der Waals surface area contributed by atoms with Crippen LogP contribution in [0.1, 0.15) is 5.56 Å². The van der Waals surface area contributed by atoms with Gasteiger partial charge in [-0.15, -0.1) is 0 Å². The molecule has 0 saturated carbocycles. The lowest BCUT2D eigenvalue weighted by Gasteiger charge is -2.08. The number of hydrogen-bond donors (Lipinski definition) is 1. The highest BCUT2D eigenvalue weighted by Gasteiger charge is 2.22. The van der Waals surface area contributed by atoms with Crippen LogP contribution >= 0.6 is 0 Å².